The molecule has 0 fully saturated rings. The van der Waals surface area contributed by atoms with E-state index in [1.54, 1.807) is 6.07 Å². The van der Waals surface area contributed by atoms with Gasteiger partial charge in [0.1, 0.15) is 5.82 Å². The molecule has 1 N–H and O–H groups in total. The highest BCUT2D eigenvalue weighted by Crippen LogP contribution is 2.26. The molecule has 3 nitrogen and oxygen atoms in total. The zero-order valence-corrected chi connectivity index (χ0v) is 12.8. The molecule has 2 aromatic rings. The Labute approximate surface area is 123 Å². The first kappa shape index (κ1) is 14.6. The van der Waals surface area contributed by atoms with E-state index >= 15 is 0 Å². The largest absolute Gasteiger partial charge is 0.387 e. The molecule has 0 aliphatic heterocycles. The van der Waals surface area contributed by atoms with Gasteiger partial charge in [0.25, 0.3) is 0 Å². The minimum Gasteiger partial charge on any atom is -0.387 e. The minimum absolute atomic E-state index is 0.312. The van der Waals surface area contributed by atoms with E-state index in [2.05, 4.69) is 32.4 Å². The SMILES string of the molecule is CCCc1nnsc1C(O)Cc1cc(F)cc(Br)c1. The minimum atomic E-state index is -0.685. The molecule has 1 heterocycles. The standard InChI is InChI=1S/C13H14BrFN2OS/c1-2-3-11-13(19-17-16-11)12(18)6-8-4-9(14)7-10(15)5-8/h4-5,7,12,18H,2-3,6H2,1H3. The summed E-state index contributed by atoms with van der Waals surface area (Å²) in [6, 6.07) is 4.63. The van der Waals surface area contributed by atoms with Crippen LogP contribution in [0.2, 0.25) is 0 Å². The fraction of sp³-hybridized carbons (Fsp3) is 0.385. The van der Waals surface area contributed by atoms with Gasteiger partial charge in [-0.15, -0.1) is 5.10 Å². The third-order valence-electron chi connectivity index (χ3n) is 2.73. The van der Waals surface area contributed by atoms with Crippen LogP contribution in [0.3, 0.4) is 0 Å². The molecule has 0 aliphatic rings. The Hall–Kier alpha value is -0.850. The lowest BCUT2D eigenvalue weighted by molar-refractivity contribution is 0.181. The van der Waals surface area contributed by atoms with Gasteiger partial charge in [-0.25, -0.2) is 4.39 Å². The normalized spacial score (nSPS) is 12.6. The van der Waals surface area contributed by atoms with Gasteiger partial charge in [-0.1, -0.05) is 33.8 Å². The van der Waals surface area contributed by atoms with Crippen LogP contribution < -0.4 is 0 Å². The van der Waals surface area contributed by atoms with Crippen molar-refractivity contribution in [2.24, 2.45) is 0 Å². The van der Waals surface area contributed by atoms with E-state index in [-0.39, 0.29) is 5.82 Å². The maximum Gasteiger partial charge on any atom is 0.124 e. The molecule has 1 unspecified atom stereocenters. The van der Waals surface area contributed by atoms with E-state index in [4.69, 9.17) is 0 Å². The van der Waals surface area contributed by atoms with Gasteiger partial charge in [0.15, 0.2) is 0 Å². The first-order valence-electron chi connectivity index (χ1n) is 6.04. The van der Waals surface area contributed by atoms with Crippen LogP contribution >= 0.6 is 27.5 Å². The topological polar surface area (TPSA) is 46.0 Å². The maximum absolute atomic E-state index is 13.3. The second kappa shape index (κ2) is 6.54. The van der Waals surface area contributed by atoms with Crippen molar-refractivity contribution in [2.75, 3.05) is 0 Å². The van der Waals surface area contributed by atoms with Gasteiger partial charge >= 0.3 is 0 Å². The lowest BCUT2D eigenvalue weighted by atomic mass is 10.0. The highest BCUT2D eigenvalue weighted by atomic mass is 79.9. The summed E-state index contributed by atoms with van der Waals surface area (Å²) in [6.07, 6.45) is 1.43. The maximum atomic E-state index is 13.3. The number of halogens is 2. The van der Waals surface area contributed by atoms with Gasteiger partial charge in [0, 0.05) is 10.9 Å². The summed E-state index contributed by atoms with van der Waals surface area (Å²) in [5.41, 5.74) is 1.59. The highest BCUT2D eigenvalue weighted by Gasteiger charge is 2.17. The smallest absolute Gasteiger partial charge is 0.124 e. The Morgan fingerprint density at radius 2 is 2.21 bits per heavy atom. The molecule has 1 aromatic heterocycles. The molecule has 2 rings (SSSR count). The molecule has 0 aliphatic carbocycles. The third kappa shape index (κ3) is 3.81. The van der Waals surface area contributed by atoms with Gasteiger partial charge in [-0.05, 0) is 41.7 Å². The average Bonchev–Trinajstić information content (AvgIpc) is 2.76. The van der Waals surface area contributed by atoms with Crippen molar-refractivity contribution in [3.05, 3.63) is 44.6 Å². The van der Waals surface area contributed by atoms with Crippen LogP contribution in [-0.4, -0.2) is 14.7 Å². The van der Waals surface area contributed by atoms with Crippen molar-refractivity contribution in [3.63, 3.8) is 0 Å². The molecule has 0 radical (unpaired) electrons. The van der Waals surface area contributed by atoms with Crippen molar-refractivity contribution in [3.8, 4) is 0 Å². The number of hydrogen-bond donors (Lipinski definition) is 1. The molecule has 0 saturated carbocycles. The quantitative estimate of drug-likeness (QED) is 0.899. The number of aryl methyl sites for hydroxylation is 1. The Bertz CT molecular complexity index is 541. The number of nitrogens with zero attached hydrogens (tertiary/aromatic N) is 2. The molecule has 19 heavy (non-hydrogen) atoms. The van der Waals surface area contributed by atoms with Crippen LogP contribution in [0.1, 0.15) is 35.6 Å². The van der Waals surface area contributed by atoms with Crippen LogP contribution in [-0.2, 0) is 12.8 Å². The molecular weight excluding hydrogens is 331 g/mol. The monoisotopic (exact) mass is 344 g/mol. The Morgan fingerprint density at radius 3 is 2.89 bits per heavy atom. The van der Waals surface area contributed by atoms with Gasteiger partial charge < -0.3 is 5.11 Å². The van der Waals surface area contributed by atoms with E-state index < -0.39 is 6.10 Å². The van der Waals surface area contributed by atoms with E-state index in [0.29, 0.717) is 10.9 Å². The number of aliphatic hydroxyl groups excluding tert-OH is 1. The fourth-order valence-corrected chi connectivity index (χ4v) is 3.12. The zero-order chi connectivity index (χ0) is 13.8. The lowest BCUT2D eigenvalue weighted by Gasteiger charge is -2.10. The van der Waals surface area contributed by atoms with Crippen molar-refractivity contribution in [1.29, 1.82) is 0 Å². The van der Waals surface area contributed by atoms with E-state index in [1.807, 2.05) is 0 Å². The summed E-state index contributed by atoms with van der Waals surface area (Å²) in [4.78, 5) is 0.780. The predicted molar refractivity (Wildman–Crippen MR) is 76.7 cm³/mol. The summed E-state index contributed by atoms with van der Waals surface area (Å²) in [7, 11) is 0. The van der Waals surface area contributed by atoms with Gasteiger partial charge in [-0.2, -0.15) is 0 Å². The molecule has 0 spiro atoms. The summed E-state index contributed by atoms with van der Waals surface area (Å²) in [5, 5.41) is 14.3. The van der Waals surface area contributed by atoms with Gasteiger partial charge in [0.2, 0.25) is 0 Å². The molecule has 1 aromatic carbocycles. The van der Waals surface area contributed by atoms with Crippen molar-refractivity contribution >= 4 is 27.5 Å². The molecule has 0 bridgehead atoms. The summed E-state index contributed by atoms with van der Waals surface area (Å²) < 4.78 is 17.8. The first-order chi connectivity index (χ1) is 9.10. The van der Waals surface area contributed by atoms with E-state index in [1.165, 1.54) is 23.7 Å². The second-order valence-corrected chi connectivity index (χ2v) is 6.03. The number of hydrogen-bond acceptors (Lipinski definition) is 4. The summed E-state index contributed by atoms with van der Waals surface area (Å²) >= 11 is 4.46. The van der Waals surface area contributed by atoms with E-state index in [0.717, 1.165) is 29.0 Å². The summed E-state index contributed by atoms with van der Waals surface area (Å²) in [5.74, 6) is -0.312. The van der Waals surface area contributed by atoms with Crippen molar-refractivity contribution in [1.82, 2.24) is 9.59 Å². The van der Waals surface area contributed by atoms with Gasteiger partial charge in [-0.3, -0.25) is 0 Å². The lowest BCUT2D eigenvalue weighted by Crippen LogP contribution is -2.03. The van der Waals surface area contributed by atoms with Crippen LogP contribution in [0.15, 0.2) is 22.7 Å². The molecule has 102 valence electrons. The fourth-order valence-electron chi connectivity index (χ4n) is 1.92. The highest BCUT2D eigenvalue weighted by molar-refractivity contribution is 9.10. The number of benzene rings is 1. The number of rotatable bonds is 5. The Balaban J connectivity index is 2.15. The van der Waals surface area contributed by atoms with Crippen LogP contribution in [0.5, 0.6) is 0 Å². The molecule has 6 heteroatoms. The molecule has 0 amide bonds. The molecular formula is C13H14BrFN2OS. The van der Waals surface area contributed by atoms with Crippen LogP contribution in [0, 0.1) is 5.82 Å². The van der Waals surface area contributed by atoms with Crippen molar-refractivity contribution < 1.29 is 9.50 Å². The zero-order valence-electron chi connectivity index (χ0n) is 10.4. The number of aliphatic hydroxyl groups is 1. The molecule has 1 atom stereocenters. The predicted octanol–water partition coefficient (Wildman–Crippen LogP) is 3.67. The third-order valence-corrected chi connectivity index (χ3v) is 4.05. The van der Waals surface area contributed by atoms with E-state index in [9.17, 15) is 9.50 Å². The average molecular weight is 345 g/mol. The van der Waals surface area contributed by atoms with Gasteiger partial charge in [0.05, 0.1) is 16.7 Å². The van der Waals surface area contributed by atoms with Crippen LogP contribution in [0.4, 0.5) is 4.39 Å². The Kier molecular flexibility index (Phi) is 5.01. The Morgan fingerprint density at radius 1 is 1.42 bits per heavy atom. The second-order valence-electron chi connectivity index (χ2n) is 4.33. The summed E-state index contributed by atoms with van der Waals surface area (Å²) in [6.45, 7) is 2.05. The molecule has 0 saturated heterocycles. The first-order valence-corrected chi connectivity index (χ1v) is 7.61. The van der Waals surface area contributed by atoms with Crippen LogP contribution in [0.25, 0.3) is 0 Å². The number of aromatic nitrogens is 2. The van der Waals surface area contributed by atoms with Crippen molar-refractivity contribution in [2.45, 2.75) is 32.3 Å².